The monoisotopic (exact) mass is 401 g/mol. The summed E-state index contributed by atoms with van der Waals surface area (Å²) in [7, 11) is 1.98. The van der Waals surface area contributed by atoms with Crippen LogP contribution < -0.4 is 4.74 Å². The van der Waals surface area contributed by atoms with Gasteiger partial charge in [-0.3, -0.25) is 0 Å². The van der Waals surface area contributed by atoms with Crippen LogP contribution in [-0.2, 0) is 0 Å². The molecular weight excluding hydrogens is 370 g/mol. The first-order valence-corrected chi connectivity index (χ1v) is 10.6. The highest BCUT2D eigenvalue weighted by atomic mass is 16.5. The molecule has 0 unspecified atom stereocenters. The molecule has 0 aromatic heterocycles. The fourth-order valence-electron chi connectivity index (χ4n) is 3.60. The van der Waals surface area contributed by atoms with Crippen LogP contribution in [0.4, 0.5) is 0 Å². The Hall–Kier alpha value is -2.88. The molecule has 3 heteroatoms. The number of ether oxygens (including phenoxy) is 1. The van der Waals surface area contributed by atoms with Crippen LogP contribution in [0.25, 0.3) is 11.1 Å². The summed E-state index contributed by atoms with van der Waals surface area (Å²) in [6.07, 6.45) is 0.948. The van der Waals surface area contributed by atoms with E-state index >= 15 is 0 Å². The Labute approximate surface area is 180 Å². The summed E-state index contributed by atoms with van der Waals surface area (Å²) >= 11 is 0. The molecule has 0 radical (unpaired) electrons. The Kier molecular flexibility index (Phi) is 8.25. The summed E-state index contributed by atoms with van der Waals surface area (Å²) in [5.74, 6) is 0.862. The minimum Gasteiger partial charge on any atom is -0.492 e. The lowest BCUT2D eigenvalue weighted by atomic mass is 9.88. The molecule has 1 N–H and O–H groups in total. The van der Waals surface area contributed by atoms with E-state index < -0.39 is 0 Å². The van der Waals surface area contributed by atoms with Crippen LogP contribution in [0.15, 0.2) is 84.9 Å². The second kappa shape index (κ2) is 11.3. The molecule has 0 atom stereocenters. The molecule has 0 fully saturated rings. The van der Waals surface area contributed by atoms with E-state index in [0.717, 1.165) is 18.7 Å². The normalized spacial score (nSPS) is 12.0. The zero-order valence-corrected chi connectivity index (χ0v) is 17.9. The summed E-state index contributed by atoms with van der Waals surface area (Å²) in [6, 6.07) is 29.6. The van der Waals surface area contributed by atoms with Crippen molar-refractivity contribution < 1.29 is 9.84 Å². The van der Waals surface area contributed by atoms with Crippen molar-refractivity contribution in [3.63, 3.8) is 0 Å². The molecular formula is C27H31NO2. The molecule has 3 nitrogen and oxygen atoms in total. The molecule has 3 aromatic carbocycles. The van der Waals surface area contributed by atoms with E-state index in [9.17, 15) is 0 Å². The van der Waals surface area contributed by atoms with E-state index in [1.165, 1.54) is 27.8 Å². The maximum Gasteiger partial charge on any atom is 0.119 e. The highest BCUT2D eigenvalue weighted by Crippen LogP contribution is 2.34. The van der Waals surface area contributed by atoms with Crippen molar-refractivity contribution in [2.75, 3.05) is 33.4 Å². The van der Waals surface area contributed by atoms with Gasteiger partial charge in [0.25, 0.3) is 0 Å². The molecule has 0 amide bonds. The molecule has 3 rings (SSSR count). The standard InChI is InChI=1S/C27H31NO2/c1-3-26(22-10-6-4-7-11-22)27(23-12-8-5-9-13-23)24-14-16-25(17-15-24)30-21-19-28(2)18-20-29/h4-17,29H,3,18-21H2,1-2H3. The average Bonchev–Trinajstić information content (AvgIpc) is 2.79. The Morgan fingerprint density at radius 3 is 1.90 bits per heavy atom. The van der Waals surface area contributed by atoms with Gasteiger partial charge in [0.15, 0.2) is 0 Å². The van der Waals surface area contributed by atoms with Gasteiger partial charge >= 0.3 is 0 Å². The van der Waals surface area contributed by atoms with Gasteiger partial charge in [-0.15, -0.1) is 0 Å². The second-order valence-electron chi connectivity index (χ2n) is 7.34. The number of aliphatic hydroxyl groups is 1. The average molecular weight is 402 g/mol. The van der Waals surface area contributed by atoms with E-state index in [1.807, 2.05) is 19.2 Å². The van der Waals surface area contributed by atoms with Gasteiger partial charge in [0.2, 0.25) is 0 Å². The molecule has 0 saturated heterocycles. The van der Waals surface area contributed by atoms with Gasteiger partial charge in [-0.05, 0) is 53.4 Å². The Morgan fingerprint density at radius 1 is 0.767 bits per heavy atom. The Morgan fingerprint density at radius 2 is 1.33 bits per heavy atom. The van der Waals surface area contributed by atoms with Gasteiger partial charge in [0.05, 0.1) is 6.61 Å². The largest absolute Gasteiger partial charge is 0.492 e. The summed E-state index contributed by atoms with van der Waals surface area (Å²) in [5, 5.41) is 8.99. The van der Waals surface area contributed by atoms with Gasteiger partial charge in [0, 0.05) is 13.1 Å². The van der Waals surface area contributed by atoms with Crippen LogP contribution in [0.1, 0.15) is 30.0 Å². The van der Waals surface area contributed by atoms with Crippen molar-refractivity contribution in [2.45, 2.75) is 13.3 Å². The van der Waals surface area contributed by atoms with E-state index in [-0.39, 0.29) is 6.61 Å². The maximum absolute atomic E-state index is 8.99. The summed E-state index contributed by atoms with van der Waals surface area (Å²) in [6.45, 7) is 4.42. The third kappa shape index (κ3) is 5.82. The molecule has 3 aromatic rings. The van der Waals surface area contributed by atoms with Gasteiger partial charge in [-0.25, -0.2) is 0 Å². The molecule has 0 spiro atoms. The van der Waals surface area contributed by atoms with Crippen LogP contribution in [-0.4, -0.2) is 43.4 Å². The quantitative estimate of drug-likeness (QED) is 0.464. The predicted molar refractivity (Wildman–Crippen MR) is 126 cm³/mol. The van der Waals surface area contributed by atoms with Crippen LogP contribution in [0.3, 0.4) is 0 Å². The van der Waals surface area contributed by atoms with Crippen LogP contribution in [0.5, 0.6) is 5.75 Å². The molecule has 0 aliphatic rings. The van der Waals surface area contributed by atoms with Crippen molar-refractivity contribution >= 4 is 11.1 Å². The fraction of sp³-hybridized carbons (Fsp3) is 0.259. The van der Waals surface area contributed by atoms with Gasteiger partial charge in [-0.2, -0.15) is 0 Å². The van der Waals surface area contributed by atoms with Crippen molar-refractivity contribution in [2.24, 2.45) is 0 Å². The highest BCUT2D eigenvalue weighted by molar-refractivity contribution is 5.98. The number of allylic oxidation sites excluding steroid dienone is 1. The number of likely N-dealkylation sites (N-methyl/N-ethyl adjacent to an activating group) is 1. The lowest BCUT2D eigenvalue weighted by Gasteiger charge is -2.17. The number of hydrogen-bond acceptors (Lipinski definition) is 3. The Bertz CT molecular complexity index is 918. The first kappa shape index (κ1) is 21.8. The van der Waals surface area contributed by atoms with E-state index in [2.05, 4.69) is 84.6 Å². The third-order valence-corrected chi connectivity index (χ3v) is 5.21. The number of benzene rings is 3. The van der Waals surface area contributed by atoms with Gasteiger partial charge in [0.1, 0.15) is 12.4 Å². The van der Waals surface area contributed by atoms with Crippen molar-refractivity contribution in [3.8, 4) is 5.75 Å². The number of hydrogen-bond donors (Lipinski definition) is 1. The van der Waals surface area contributed by atoms with Crippen LogP contribution in [0, 0.1) is 0 Å². The molecule has 0 bridgehead atoms. The van der Waals surface area contributed by atoms with Crippen molar-refractivity contribution in [3.05, 3.63) is 102 Å². The molecule has 156 valence electrons. The van der Waals surface area contributed by atoms with Crippen molar-refractivity contribution in [1.29, 1.82) is 0 Å². The number of nitrogens with zero attached hydrogens (tertiary/aromatic N) is 1. The summed E-state index contributed by atoms with van der Waals surface area (Å²) in [5.41, 5.74) is 6.26. The first-order valence-electron chi connectivity index (χ1n) is 10.6. The minimum absolute atomic E-state index is 0.168. The fourth-order valence-corrected chi connectivity index (χ4v) is 3.60. The SMILES string of the molecule is CCC(=C(c1ccccc1)c1ccc(OCCN(C)CCO)cc1)c1ccccc1. The molecule has 0 aliphatic heterocycles. The predicted octanol–water partition coefficient (Wildman–Crippen LogP) is 5.36. The minimum atomic E-state index is 0.168. The van der Waals surface area contributed by atoms with Gasteiger partial charge in [-0.1, -0.05) is 79.7 Å². The summed E-state index contributed by atoms with van der Waals surface area (Å²) < 4.78 is 5.90. The second-order valence-corrected chi connectivity index (χ2v) is 7.34. The number of rotatable bonds is 10. The maximum atomic E-state index is 8.99. The van der Waals surface area contributed by atoms with Crippen molar-refractivity contribution in [1.82, 2.24) is 4.90 Å². The molecule has 0 aliphatic carbocycles. The molecule has 0 saturated carbocycles. The van der Waals surface area contributed by atoms with E-state index in [0.29, 0.717) is 13.2 Å². The lowest BCUT2D eigenvalue weighted by Crippen LogP contribution is -2.27. The van der Waals surface area contributed by atoms with Crippen LogP contribution in [0.2, 0.25) is 0 Å². The lowest BCUT2D eigenvalue weighted by molar-refractivity contribution is 0.192. The number of aliphatic hydroxyl groups excluding tert-OH is 1. The topological polar surface area (TPSA) is 32.7 Å². The summed E-state index contributed by atoms with van der Waals surface area (Å²) in [4.78, 5) is 2.05. The zero-order valence-electron chi connectivity index (χ0n) is 17.9. The van der Waals surface area contributed by atoms with Crippen LogP contribution >= 0.6 is 0 Å². The molecule has 30 heavy (non-hydrogen) atoms. The van der Waals surface area contributed by atoms with E-state index in [1.54, 1.807) is 0 Å². The molecule has 0 heterocycles. The van der Waals surface area contributed by atoms with E-state index in [4.69, 9.17) is 9.84 Å². The smallest absolute Gasteiger partial charge is 0.119 e. The Balaban J connectivity index is 1.89. The first-order chi connectivity index (χ1) is 14.7. The zero-order chi connectivity index (χ0) is 21.2. The van der Waals surface area contributed by atoms with Gasteiger partial charge < -0.3 is 14.7 Å². The third-order valence-electron chi connectivity index (χ3n) is 5.21. The highest BCUT2D eigenvalue weighted by Gasteiger charge is 2.13.